The highest BCUT2D eigenvalue weighted by atomic mass is 32.1. The van der Waals surface area contributed by atoms with Crippen LogP contribution >= 0.6 is 11.3 Å². The molecule has 5 nitrogen and oxygen atoms in total. The van der Waals surface area contributed by atoms with Crippen LogP contribution in [0.2, 0.25) is 0 Å². The number of hydrogen-bond acceptors (Lipinski definition) is 5. The summed E-state index contributed by atoms with van der Waals surface area (Å²) in [6, 6.07) is 4.19. The second-order valence-corrected chi connectivity index (χ2v) is 10.1. The Morgan fingerprint density at radius 2 is 2.10 bits per heavy atom. The number of aliphatic carboxylic acids is 1. The molecule has 3 N–H and O–H groups in total. The predicted octanol–water partition coefficient (Wildman–Crippen LogP) is 4.54. The molecule has 0 saturated heterocycles. The Morgan fingerprint density at radius 1 is 1.29 bits per heavy atom. The zero-order chi connectivity index (χ0) is 22.3. The van der Waals surface area contributed by atoms with Crippen LogP contribution in [0.1, 0.15) is 62.7 Å². The maximum absolute atomic E-state index is 12.3. The number of hydrogen-bond donors (Lipinski definition) is 3. The fourth-order valence-electron chi connectivity index (χ4n) is 4.89. The van der Waals surface area contributed by atoms with Gasteiger partial charge in [0.2, 0.25) is 0 Å². The van der Waals surface area contributed by atoms with Gasteiger partial charge < -0.3 is 15.3 Å². The molecule has 4 atom stereocenters. The Labute approximate surface area is 188 Å². The van der Waals surface area contributed by atoms with E-state index in [1.807, 2.05) is 24.3 Å². The topological polar surface area (TPSA) is 94.8 Å². The Hall–Kier alpha value is -1.76. The first-order chi connectivity index (χ1) is 14.9. The average Bonchev–Trinajstić information content (AvgIpc) is 3.29. The average molecular weight is 447 g/mol. The second kappa shape index (κ2) is 11.2. The van der Waals surface area contributed by atoms with Crippen molar-refractivity contribution >= 4 is 23.1 Å². The fourth-order valence-corrected chi connectivity index (χ4v) is 5.75. The Balaban J connectivity index is 1.52. The third kappa shape index (κ3) is 6.37. The van der Waals surface area contributed by atoms with Gasteiger partial charge in [0, 0.05) is 35.0 Å². The lowest BCUT2D eigenvalue weighted by atomic mass is 9.62. The van der Waals surface area contributed by atoms with Crippen LogP contribution < -0.4 is 0 Å². The van der Waals surface area contributed by atoms with Crippen molar-refractivity contribution < 1.29 is 24.9 Å². The minimum Gasteiger partial charge on any atom is -0.481 e. The lowest BCUT2D eigenvalue weighted by molar-refractivity contribution is -0.137. The van der Waals surface area contributed by atoms with Gasteiger partial charge in [0.25, 0.3) is 0 Å². The summed E-state index contributed by atoms with van der Waals surface area (Å²) in [5, 5.41) is 32.0. The third-order valence-corrected chi connectivity index (χ3v) is 7.81. The Morgan fingerprint density at radius 3 is 2.74 bits per heavy atom. The van der Waals surface area contributed by atoms with Crippen LogP contribution in [0.4, 0.5) is 0 Å². The van der Waals surface area contributed by atoms with Gasteiger partial charge in [-0.3, -0.25) is 9.59 Å². The van der Waals surface area contributed by atoms with Gasteiger partial charge in [-0.2, -0.15) is 0 Å². The van der Waals surface area contributed by atoms with Gasteiger partial charge in [0.05, 0.1) is 12.2 Å². The van der Waals surface area contributed by atoms with Crippen LogP contribution in [0.3, 0.4) is 0 Å². The summed E-state index contributed by atoms with van der Waals surface area (Å²) < 4.78 is 0. The lowest BCUT2D eigenvalue weighted by Crippen LogP contribution is -2.42. The number of carboxylic acid groups (broad SMARTS) is 1. The van der Waals surface area contributed by atoms with Crippen molar-refractivity contribution in [2.45, 2.75) is 76.4 Å². The van der Waals surface area contributed by atoms with E-state index in [0.717, 1.165) is 25.7 Å². The molecule has 0 aromatic carbocycles. The van der Waals surface area contributed by atoms with Gasteiger partial charge in [-0.25, -0.2) is 0 Å². The summed E-state index contributed by atoms with van der Waals surface area (Å²) in [4.78, 5) is 24.2. The summed E-state index contributed by atoms with van der Waals surface area (Å²) in [6.07, 6.45) is 13.5. The molecule has 2 saturated carbocycles. The first-order valence-corrected chi connectivity index (χ1v) is 12.2. The maximum atomic E-state index is 12.3. The molecular formula is C25H34O5S. The minimum atomic E-state index is -0.797. The number of carboxylic acids is 1. The van der Waals surface area contributed by atoms with E-state index in [1.54, 1.807) is 11.3 Å². The van der Waals surface area contributed by atoms with Crippen molar-refractivity contribution in [2.24, 2.45) is 17.3 Å². The van der Waals surface area contributed by atoms with Gasteiger partial charge in [-0.1, -0.05) is 36.8 Å². The molecule has 0 aliphatic heterocycles. The smallest absolute Gasteiger partial charge is 0.303 e. The highest BCUT2D eigenvalue weighted by molar-refractivity contribution is 7.09. The molecule has 2 aliphatic rings. The molecule has 1 aromatic rings. The molecule has 1 heterocycles. The van der Waals surface area contributed by atoms with Crippen molar-refractivity contribution in [1.82, 2.24) is 0 Å². The number of carbonyl (C=O) groups excluding carboxylic acids is 1. The van der Waals surface area contributed by atoms with Crippen LogP contribution in [0, 0.1) is 17.3 Å². The molecule has 31 heavy (non-hydrogen) atoms. The molecule has 1 unspecified atom stereocenters. The Bertz CT molecular complexity index is 778. The van der Waals surface area contributed by atoms with Crippen molar-refractivity contribution in [2.75, 3.05) is 0 Å². The molecule has 0 amide bonds. The maximum Gasteiger partial charge on any atom is 0.303 e. The number of aliphatic hydroxyl groups is 2. The molecule has 6 heteroatoms. The summed E-state index contributed by atoms with van der Waals surface area (Å²) >= 11 is 1.74. The number of Topliss-reactive ketones (excluding diaryl/α,β-unsaturated/α-hetero) is 1. The molecule has 1 aromatic heterocycles. The van der Waals surface area contributed by atoms with E-state index in [9.17, 15) is 19.8 Å². The molecule has 0 spiro atoms. The third-order valence-electron chi connectivity index (χ3n) is 6.93. The molecule has 0 bridgehead atoms. The van der Waals surface area contributed by atoms with E-state index < -0.39 is 18.2 Å². The minimum absolute atomic E-state index is 0.0443. The standard InChI is InChI=1S/C25H34O5S/c26-21-16-22(27)20(19(21)9-3-1-2-4-12-24(29)30)10-5-11-23(28)25(13-7-14-25)17-18-8-6-15-31-18/h1,3,5-6,8,10,15,19-20,22-23,27-28H,2,4,7,9,11-14,16-17H2,(H,29,30)/b3-1-,10-5+/t19-,20-,22-,23?/m1/s1. The van der Waals surface area contributed by atoms with Crippen LogP contribution in [0.5, 0.6) is 0 Å². The SMILES string of the molecule is O=C(O)CCC/C=C\C[C@H]1C(=O)C[C@@H](O)[C@@H]1/C=C/CC(O)C1(Cc2cccs2)CCC1. The molecule has 2 aliphatic carbocycles. The zero-order valence-corrected chi connectivity index (χ0v) is 18.8. The number of rotatable bonds is 12. The van der Waals surface area contributed by atoms with Gasteiger partial charge in [0.15, 0.2) is 0 Å². The van der Waals surface area contributed by atoms with Gasteiger partial charge >= 0.3 is 5.97 Å². The van der Waals surface area contributed by atoms with Crippen molar-refractivity contribution in [3.05, 3.63) is 46.7 Å². The summed E-state index contributed by atoms with van der Waals surface area (Å²) in [7, 11) is 0. The van der Waals surface area contributed by atoms with Crippen molar-refractivity contribution in [3.8, 4) is 0 Å². The van der Waals surface area contributed by atoms with Gasteiger partial charge in [-0.15, -0.1) is 11.3 Å². The number of thiophene rings is 1. The number of ketones is 1. The summed E-state index contributed by atoms with van der Waals surface area (Å²) in [6.45, 7) is 0. The highest BCUT2D eigenvalue weighted by Crippen LogP contribution is 2.48. The predicted molar refractivity (Wildman–Crippen MR) is 122 cm³/mol. The summed E-state index contributed by atoms with van der Waals surface area (Å²) in [5.74, 6) is -1.19. The van der Waals surface area contributed by atoms with Crippen molar-refractivity contribution in [1.29, 1.82) is 0 Å². The zero-order valence-electron chi connectivity index (χ0n) is 18.0. The van der Waals surface area contributed by atoms with E-state index in [0.29, 0.717) is 25.7 Å². The highest BCUT2D eigenvalue weighted by Gasteiger charge is 2.43. The van der Waals surface area contributed by atoms with E-state index >= 15 is 0 Å². The van der Waals surface area contributed by atoms with Gasteiger partial charge in [-0.05, 0) is 56.4 Å². The Kier molecular flexibility index (Phi) is 8.64. The van der Waals surface area contributed by atoms with Crippen LogP contribution in [0.15, 0.2) is 41.8 Å². The molecule has 0 radical (unpaired) electrons. The van der Waals surface area contributed by atoms with E-state index in [2.05, 4.69) is 17.5 Å². The second-order valence-electron chi connectivity index (χ2n) is 9.07. The first-order valence-electron chi connectivity index (χ1n) is 11.4. The number of carbonyl (C=O) groups is 2. The van der Waals surface area contributed by atoms with Crippen LogP contribution in [0.25, 0.3) is 0 Å². The first kappa shape index (κ1) is 23.9. The van der Waals surface area contributed by atoms with Gasteiger partial charge in [0.1, 0.15) is 5.78 Å². The number of unbranched alkanes of at least 4 members (excludes halogenated alkanes) is 1. The quantitative estimate of drug-likeness (QED) is 0.324. The molecular weight excluding hydrogens is 412 g/mol. The molecule has 3 rings (SSSR count). The number of aliphatic hydroxyl groups excluding tert-OH is 2. The van der Waals surface area contributed by atoms with Crippen LogP contribution in [-0.2, 0) is 16.0 Å². The summed E-state index contributed by atoms with van der Waals surface area (Å²) in [5.41, 5.74) is -0.0443. The largest absolute Gasteiger partial charge is 0.481 e. The van der Waals surface area contributed by atoms with E-state index in [4.69, 9.17) is 5.11 Å². The molecule has 170 valence electrons. The van der Waals surface area contributed by atoms with Crippen LogP contribution in [-0.4, -0.2) is 39.3 Å². The molecule has 2 fully saturated rings. The monoisotopic (exact) mass is 446 g/mol. The van der Waals surface area contributed by atoms with E-state index in [1.165, 1.54) is 4.88 Å². The fraction of sp³-hybridized carbons (Fsp3) is 0.600. The van der Waals surface area contributed by atoms with Crippen molar-refractivity contribution in [3.63, 3.8) is 0 Å². The lowest BCUT2D eigenvalue weighted by Gasteiger charge is -2.45. The van der Waals surface area contributed by atoms with E-state index in [-0.39, 0.29) is 35.9 Å². The normalized spacial score (nSPS) is 26.5. The number of allylic oxidation sites excluding steroid dienone is 2.